The first-order valence-electron chi connectivity index (χ1n) is 6.76. The number of hydrogen-bond donors (Lipinski definition) is 2. The zero-order valence-corrected chi connectivity index (χ0v) is 10.9. The first-order chi connectivity index (χ1) is 8.77. The average Bonchev–Trinajstić information content (AvgIpc) is 2.88. The number of aryl methyl sites for hydroxylation is 1. The van der Waals surface area contributed by atoms with Crippen LogP contribution in [0.3, 0.4) is 0 Å². The minimum Gasteiger partial charge on any atom is -0.355 e. The van der Waals surface area contributed by atoms with Crippen molar-refractivity contribution in [1.29, 1.82) is 0 Å². The Hall–Kier alpha value is -1.36. The molecule has 18 heavy (non-hydrogen) atoms. The van der Waals surface area contributed by atoms with Gasteiger partial charge in [-0.2, -0.15) is 5.10 Å². The molecule has 2 N–H and O–H groups in total. The summed E-state index contributed by atoms with van der Waals surface area (Å²) in [7, 11) is 0. The van der Waals surface area contributed by atoms with E-state index in [1.54, 1.807) is 6.20 Å². The molecular formula is C13H22N4O. The van der Waals surface area contributed by atoms with Gasteiger partial charge in [-0.3, -0.25) is 9.48 Å². The number of carbonyl (C=O) groups excluding carboxylic acids is 1. The van der Waals surface area contributed by atoms with Crippen LogP contribution in [0.15, 0.2) is 18.5 Å². The van der Waals surface area contributed by atoms with Crippen LogP contribution in [0.2, 0.25) is 0 Å². The van der Waals surface area contributed by atoms with Gasteiger partial charge in [-0.05, 0) is 37.8 Å². The van der Waals surface area contributed by atoms with Gasteiger partial charge in [0.25, 0.3) is 0 Å². The molecule has 5 nitrogen and oxygen atoms in total. The molecule has 0 aliphatic carbocycles. The number of carbonyl (C=O) groups is 1. The second kappa shape index (κ2) is 6.54. The number of aromatic nitrogens is 2. The van der Waals surface area contributed by atoms with Crippen LogP contribution in [0.5, 0.6) is 0 Å². The van der Waals surface area contributed by atoms with Crippen LogP contribution < -0.4 is 10.6 Å². The predicted molar refractivity (Wildman–Crippen MR) is 70.0 cm³/mol. The Balaban J connectivity index is 1.65. The van der Waals surface area contributed by atoms with Crippen molar-refractivity contribution in [1.82, 2.24) is 20.4 Å². The Morgan fingerprint density at radius 1 is 1.61 bits per heavy atom. The monoisotopic (exact) mass is 250 g/mol. The third-order valence-corrected chi connectivity index (χ3v) is 3.47. The second-order valence-corrected chi connectivity index (χ2v) is 4.97. The third-order valence-electron chi connectivity index (χ3n) is 3.47. The maximum atomic E-state index is 12.0. The van der Waals surface area contributed by atoms with E-state index in [4.69, 9.17) is 0 Å². The minimum atomic E-state index is -0.0107. The van der Waals surface area contributed by atoms with Gasteiger partial charge in [0.05, 0.1) is 6.04 Å². The maximum Gasteiger partial charge on any atom is 0.237 e. The van der Waals surface area contributed by atoms with Crippen LogP contribution in [0.4, 0.5) is 0 Å². The fourth-order valence-electron chi connectivity index (χ4n) is 2.40. The van der Waals surface area contributed by atoms with Crippen molar-refractivity contribution in [2.45, 2.75) is 38.8 Å². The van der Waals surface area contributed by atoms with Crippen molar-refractivity contribution >= 4 is 5.91 Å². The Morgan fingerprint density at radius 2 is 2.50 bits per heavy atom. The lowest BCUT2D eigenvalue weighted by molar-refractivity contribution is -0.124. The highest BCUT2D eigenvalue weighted by Crippen LogP contribution is 2.15. The van der Waals surface area contributed by atoms with Crippen LogP contribution in [-0.2, 0) is 11.3 Å². The van der Waals surface area contributed by atoms with Gasteiger partial charge in [-0.25, -0.2) is 0 Å². The second-order valence-electron chi connectivity index (χ2n) is 4.97. The molecular weight excluding hydrogens is 228 g/mol. The maximum absolute atomic E-state index is 12.0. The van der Waals surface area contributed by atoms with Gasteiger partial charge in [-0.1, -0.05) is 6.92 Å². The SMILES string of the molecule is CC1CCCNC1C(=O)NCCCn1cccn1. The van der Waals surface area contributed by atoms with E-state index < -0.39 is 0 Å². The summed E-state index contributed by atoms with van der Waals surface area (Å²) in [5, 5.41) is 10.4. The summed E-state index contributed by atoms with van der Waals surface area (Å²) >= 11 is 0. The van der Waals surface area contributed by atoms with Crippen molar-refractivity contribution in [3.63, 3.8) is 0 Å². The van der Waals surface area contributed by atoms with Crippen molar-refractivity contribution in [3.8, 4) is 0 Å². The summed E-state index contributed by atoms with van der Waals surface area (Å²) < 4.78 is 1.88. The molecule has 2 unspecified atom stereocenters. The Labute approximate surface area is 108 Å². The number of rotatable bonds is 5. The number of hydrogen-bond acceptors (Lipinski definition) is 3. The summed E-state index contributed by atoms with van der Waals surface area (Å²) in [5.74, 6) is 0.576. The van der Waals surface area contributed by atoms with Crippen LogP contribution in [0.1, 0.15) is 26.2 Å². The number of nitrogens with zero attached hydrogens (tertiary/aromatic N) is 2. The number of nitrogens with one attached hydrogen (secondary N) is 2. The molecule has 1 fully saturated rings. The van der Waals surface area contributed by atoms with Gasteiger partial charge < -0.3 is 10.6 Å². The molecule has 0 radical (unpaired) electrons. The minimum absolute atomic E-state index is 0.0107. The van der Waals surface area contributed by atoms with E-state index >= 15 is 0 Å². The largest absolute Gasteiger partial charge is 0.355 e. The molecule has 2 heterocycles. The first-order valence-corrected chi connectivity index (χ1v) is 6.76. The summed E-state index contributed by atoms with van der Waals surface area (Å²) in [6.45, 7) is 4.65. The molecule has 0 saturated carbocycles. The van der Waals surface area contributed by atoms with E-state index in [0.29, 0.717) is 12.5 Å². The van der Waals surface area contributed by atoms with E-state index in [0.717, 1.165) is 25.9 Å². The lowest BCUT2D eigenvalue weighted by Crippen LogP contribution is -2.51. The molecule has 1 aliphatic rings. The van der Waals surface area contributed by atoms with E-state index in [2.05, 4.69) is 22.7 Å². The van der Waals surface area contributed by atoms with Gasteiger partial charge in [0.2, 0.25) is 5.91 Å². The molecule has 100 valence electrons. The zero-order chi connectivity index (χ0) is 12.8. The molecule has 5 heteroatoms. The highest BCUT2D eigenvalue weighted by atomic mass is 16.2. The van der Waals surface area contributed by atoms with Gasteiger partial charge >= 0.3 is 0 Å². The van der Waals surface area contributed by atoms with Crippen molar-refractivity contribution in [2.24, 2.45) is 5.92 Å². The molecule has 0 bridgehead atoms. The fraction of sp³-hybridized carbons (Fsp3) is 0.692. The Morgan fingerprint density at radius 3 is 3.22 bits per heavy atom. The first kappa shape index (κ1) is 13.1. The van der Waals surface area contributed by atoms with E-state index in [1.165, 1.54) is 6.42 Å². The van der Waals surface area contributed by atoms with Crippen molar-refractivity contribution < 1.29 is 4.79 Å². The Kier molecular flexibility index (Phi) is 4.75. The van der Waals surface area contributed by atoms with Gasteiger partial charge in [-0.15, -0.1) is 0 Å². The Bertz CT molecular complexity index is 363. The van der Waals surface area contributed by atoms with Gasteiger partial charge in [0.15, 0.2) is 0 Å². The van der Waals surface area contributed by atoms with Crippen LogP contribution in [0, 0.1) is 5.92 Å². The van der Waals surface area contributed by atoms with E-state index in [9.17, 15) is 4.79 Å². The molecule has 1 saturated heterocycles. The third kappa shape index (κ3) is 3.57. The molecule has 0 aromatic carbocycles. The summed E-state index contributed by atoms with van der Waals surface area (Å²) in [4.78, 5) is 12.0. The fourth-order valence-corrected chi connectivity index (χ4v) is 2.40. The zero-order valence-electron chi connectivity index (χ0n) is 10.9. The quantitative estimate of drug-likeness (QED) is 0.759. The van der Waals surface area contributed by atoms with E-state index in [1.807, 2.05) is 16.9 Å². The summed E-state index contributed by atoms with van der Waals surface area (Å²) in [5.41, 5.74) is 0. The van der Waals surface area contributed by atoms with Crippen LogP contribution in [0.25, 0.3) is 0 Å². The normalized spacial score (nSPS) is 23.8. The lowest BCUT2D eigenvalue weighted by Gasteiger charge is -2.28. The highest BCUT2D eigenvalue weighted by molar-refractivity contribution is 5.82. The molecule has 0 spiro atoms. The standard InChI is InChI=1S/C13H22N4O/c1-11-5-2-6-14-12(11)13(18)15-7-3-9-17-10-4-8-16-17/h4,8,10-12,14H,2-3,5-7,9H2,1H3,(H,15,18). The smallest absolute Gasteiger partial charge is 0.237 e. The summed E-state index contributed by atoms with van der Waals surface area (Å²) in [6.07, 6.45) is 6.93. The van der Waals surface area contributed by atoms with Gasteiger partial charge in [0.1, 0.15) is 0 Å². The molecule has 1 aromatic rings. The average molecular weight is 250 g/mol. The predicted octanol–water partition coefficient (Wildman–Crippen LogP) is 0.777. The molecule has 2 rings (SSSR count). The number of piperidine rings is 1. The molecule has 1 aliphatic heterocycles. The molecule has 2 atom stereocenters. The topological polar surface area (TPSA) is 59.0 Å². The summed E-state index contributed by atoms with van der Waals surface area (Å²) in [6, 6.07) is 1.90. The molecule has 1 aromatic heterocycles. The molecule has 1 amide bonds. The lowest BCUT2D eigenvalue weighted by atomic mass is 9.92. The van der Waals surface area contributed by atoms with Gasteiger partial charge in [0, 0.05) is 25.5 Å². The van der Waals surface area contributed by atoms with Crippen LogP contribution >= 0.6 is 0 Å². The van der Waals surface area contributed by atoms with Crippen LogP contribution in [-0.4, -0.2) is 34.8 Å². The van der Waals surface area contributed by atoms with Crippen molar-refractivity contribution in [2.75, 3.05) is 13.1 Å². The van der Waals surface area contributed by atoms with E-state index in [-0.39, 0.29) is 11.9 Å². The van der Waals surface area contributed by atoms with Crippen molar-refractivity contribution in [3.05, 3.63) is 18.5 Å². The number of amides is 1. The highest BCUT2D eigenvalue weighted by Gasteiger charge is 2.26.